The van der Waals surface area contributed by atoms with Crippen molar-refractivity contribution in [1.29, 1.82) is 0 Å². The van der Waals surface area contributed by atoms with Gasteiger partial charge >= 0.3 is 65.4 Å². The number of carboxylic acid groups (broad SMARTS) is 1. The first-order valence-electron chi connectivity index (χ1n) is 3.14. The molecule has 0 amide bonds. The molecule has 0 heterocycles. The molecule has 0 aliphatic rings. The van der Waals surface area contributed by atoms with Gasteiger partial charge in [0.2, 0.25) is 0 Å². The summed E-state index contributed by atoms with van der Waals surface area (Å²) < 4.78 is 10.1. The van der Waals surface area contributed by atoms with E-state index in [1.807, 2.05) is 0 Å². The van der Waals surface area contributed by atoms with Gasteiger partial charge in [-0.05, 0) is 0 Å². The van der Waals surface area contributed by atoms with E-state index in [9.17, 15) is 9.36 Å². The van der Waals surface area contributed by atoms with Crippen LogP contribution in [0.4, 0.5) is 0 Å². The van der Waals surface area contributed by atoms with Crippen molar-refractivity contribution in [3.63, 3.8) is 0 Å². The molecule has 0 bridgehead atoms. The second-order valence-electron chi connectivity index (χ2n) is 2.31. The van der Waals surface area contributed by atoms with Crippen LogP contribution in [0.2, 0.25) is 0 Å². The number of aliphatic carboxylic acids is 1. The Bertz CT molecular complexity index is 231. The minimum atomic E-state index is -0.949. The first-order valence-corrected chi connectivity index (χ1v) is 3.95. The third-order valence-corrected chi connectivity index (χ3v) is 1.44. The number of rotatable bonds is 3. The number of nitrogens with zero attached hydrogens (tertiary/aromatic N) is 1. The first-order chi connectivity index (χ1) is 5.07. The van der Waals surface area contributed by atoms with Crippen molar-refractivity contribution in [3.05, 3.63) is 0 Å². The van der Waals surface area contributed by atoms with Crippen LogP contribution in [0.25, 0.3) is 0 Å². The number of carbonyl (C=O) groups is 1. The first kappa shape index (κ1) is 10.4. The van der Waals surface area contributed by atoms with Crippen molar-refractivity contribution in [3.8, 4) is 5.75 Å². The van der Waals surface area contributed by atoms with E-state index in [1.165, 1.54) is 4.90 Å². The summed E-state index contributed by atoms with van der Waals surface area (Å²) in [7, 11) is -0.282. The van der Waals surface area contributed by atoms with Gasteiger partial charge in [0.1, 0.15) is 0 Å². The Balaban J connectivity index is 4.19. The average molecular weight is 175 g/mol. The van der Waals surface area contributed by atoms with Gasteiger partial charge in [-0.3, -0.25) is 0 Å². The van der Waals surface area contributed by atoms with Crippen LogP contribution in [0.1, 0.15) is 13.8 Å². The molecule has 0 aromatic rings. The molecule has 0 aliphatic carbocycles. The van der Waals surface area contributed by atoms with Crippen molar-refractivity contribution in [2.45, 2.75) is 19.9 Å². The average Bonchev–Trinajstić information content (AvgIpc) is 1.86. The van der Waals surface area contributed by atoms with Crippen molar-refractivity contribution in [2.75, 3.05) is 6.54 Å². The van der Waals surface area contributed by atoms with E-state index in [2.05, 4.69) is 5.75 Å². The summed E-state index contributed by atoms with van der Waals surface area (Å²) in [6.45, 7) is 3.45. The van der Waals surface area contributed by atoms with Crippen LogP contribution in [-0.2, 0) is 9.36 Å². The topological polar surface area (TPSA) is 57.6 Å². The normalized spacial score (nSPS) is 9.82. The Morgan fingerprint density at radius 2 is 2.27 bits per heavy atom. The Hall–Kier alpha value is -0.560. The van der Waals surface area contributed by atoms with Crippen molar-refractivity contribution < 1.29 is 14.5 Å². The molecule has 0 rings (SSSR count). The van der Waals surface area contributed by atoms with Gasteiger partial charge < -0.3 is 0 Å². The van der Waals surface area contributed by atoms with E-state index >= 15 is 0 Å². The predicted octanol–water partition coefficient (Wildman–Crippen LogP) is 0.990. The zero-order chi connectivity index (χ0) is 8.85. The quantitative estimate of drug-likeness (QED) is 0.513. The fraction of sp³-hybridized carbons (Fsp3) is 0.667. The molecule has 0 spiro atoms. The monoisotopic (exact) mass is 175 g/mol. The maximum atomic E-state index is 10.2. The van der Waals surface area contributed by atoms with Gasteiger partial charge in [0.15, 0.2) is 0 Å². The van der Waals surface area contributed by atoms with Crippen molar-refractivity contribution >= 4 is 13.9 Å². The van der Waals surface area contributed by atoms with Crippen LogP contribution >= 0.6 is 7.92 Å². The molecule has 0 saturated carbocycles. The summed E-state index contributed by atoms with van der Waals surface area (Å²) >= 11 is 0. The molecule has 11 heavy (non-hydrogen) atoms. The molecule has 0 unspecified atom stereocenters. The summed E-state index contributed by atoms with van der Waals surface area (Å²) in [6, 6.07) is 0.00699. The fourth-order valence-corrected chi connectivity index (χ4v) is 0.938. The van der Waals surface area contributed by atoms with E-state index in [4.69, 9.17) is 5.11 Å². The summed E-state index contributed by atoms with van der Waals surface area (Å²) in [5.41, 5.74) is 0. The van der Waals surface area contributed by atoms with E-state index in [0.29, 0.717) is 0 Å². The van der Waals surface area contributed by atoms with Gasteiger partial charge in [-0.25, -0.2) is 0 Å². The molecule has 0 fully saturated rings. The molecule has 62 valence electrons. The van der Waals surface area contributed by atoms with Crippen LogP contribution in [0.15, 0.2) is 0 Å². The van der Waals surface area contributed by atoms with Gasteiger partial charge in [-0.15, -0.1) is 0 Å². The maximum absolute atomic E-state index is 10.2. The molecule has 0 aliphatic heterocycles. The van der Waals surface area contributed by atoms with Crippen LogP contribution in [0, 0.1) is 5.75 Å². The van der Waals surface area contributed by atoms with Crippen molar-refractivity contribution in [2.24, 2.45) is 0 Å². The molecule has 0 aromatic carbocycles. The molecular formula is C6H10NO3P. The van der Waals surface area contributed by atoms with Gasteiger partial charge in [-0.1, -0.05) is 0 Å². The molecule has 1 N–H and O–H groups in total. The second kappa shape index (κ2) is 5.14. The van der Waals surface area contributed by atoms with Crippen molar-refractivity contribution in [1.82, 2.24) is 4.90 Å². The minimum absolute atomic E-state index is 0.00699. The summed E-state index contributed by atoms with van der Waals surface area (Å²) in [6.07, 6.45) is 0. The molecule has 5 heteroatoms. The molecule has 0 saturated heterocycles. The predicted molar refractivity (Wildman–Crippen MR) is 41.0 cm³/mol. The standard InChI is InChI=1S/C6H10NO3P/c1-5(2)7(4-11-10)3-6(8)9/h5H,3H2,1-2H3,(H,8,9). The third kappa shape index (κ3) is 4.79. The van der Waals surface area contributed by atoms with E-state index < -0.39 is 5.97 Å². The Labute approximate surface area is 66.3 Å². The molecule has 0 aromatic heterocycles. The summed E-state index contributed by atoms with van der Waals surface area (Å²) in [4.78, 5) is 11.6. The zero-order valence-electron chi connectivity index (χ0n) is 6.44. The molecule has 4 nitrogen and oxygen atoms in total. The molecular weight excluding hydrogens is 165 g/mol. The Morgan fingerprint density at radius 3 is 2.55 bits per heavy atom. The molecule has 0 atom stereocenters. The summed E-state index contributed by atoms with van der Waals surface area (Å²) in [5, 5.41) is 8.37. The SMILES string of the molecule is CC(C)N(C#P=O)CC(=O)O. The van der Waals surface area contributed by atoms with Crippen LogP contribution in [-0.4, -0.2) is 28.6 Å². The zero-order valence-corrected chi connectivity index (χ0v) is 7.34. The van der Waals surface area contributed by atoms with E-state index in [-0.39, 0.29) is 20.5 Å². The summed E-state index contributed by atoms with van der Waals surface area (Å²) in [5.74, 6) is 1.43. The van der Waals surface area contributed by atoms with Crippen LogP contribution in [0.5, 0.6) is 0 Å². The fourth-order valence-electron chi connectivity index (χ4n) is 0.532. The van der Waals surface area contributed by atoms with Gasteiger partial charge in [0.05, 0.1) is 0 Å². The third-order valence-electron chi connectivity index (χ3n) is 1.10. The number of hydrogen-bond acceptors (Lipinski definition) is 3. The Morgan fingerprint density at radius 1 is 1.73 bits per heavy atom. The molecule has 0 radical (unpaired) electrons. The number of carboxylic acids is 1. The van der Waals surface area contributed by atoms with E-state index in [0.717, 1.165) is 0 Å². The van der Waals surface area contributed by atoms with Gasteiger partial charge in [-0.2, -0.15) is 0 Å². The van der Waals surface area contributed by atoms with Crippen LogP contribution < -0.4 is 0 Å². The second-order valence-corrected chi connectivity index (χ2v) is 2.69. The Kier molecular flexibility index (Phi) is 4.88. The number of hydrogen-bond donors (Lipinski definition) is 1. The van der Waals surface area contributed by atoms with Gasteiger partial charge in [0, 0.05) is 0 Å². The van der Waals surface area contributed by atoms with E-state index in [1.54, 1.807) is 13.8 Å². The van der Waals surface area contributed by atoms with Gasteiger partial charge in [0.25, 0.3) is 0 Å². The van der Waals surface area contributed by atoms with Crippen LogP contribution in [0.3, 0.4) is 0 Å².